The number of esters is 1. The molecule has 0 saturated carbocycles. The molecule has 9 nitrogen and oxygen atoms in total. The van der Waals surface area contributed by atoms with Crippen LogP contribution in [0.25, 0.3) is 0 Å². The second-order valence-corrected chi connectivity index (χ2v) is 8.01. The SMILES string of the molecule is CCOc1cc(/C=N\N=C2/NC(=O)[C@H](CC(=O)O)S2)ccc1OC(=O)c1ccc(Cl)cc1. The molecule has 2 aromatic carbocycles. The van der Waals surface area contributed by atoms with Crippen molar-refractivity contribution in [3.8, 4) is 11.5 Å². The number of amides is 1. The Balaban J connectivity index is 1.70. The lowest BCUT2D eigenvalue weighted by Crippen LogP contribution is -2.26. The van der Waals surface area contributed by atoms with Crippen LogP contribution in [-0.4, -0.2) is 46.2 Å². The van der Waals surface area contributed by atoms with E-state index < -0.39 is 23.1 Å². The van der Waals surface area contributed by atoms with Crippen molar-refractivity contribution in [3.05, 3.63) is 58.6 Å². The standard InChI is InChI=1S/C21H18ClN3O6S/c1-2-30-16-9-12(11-23-25-21-24-19(28)17(32-21)10-18(26)27)3-8-15(16)31-20(29)13-4-6-14(22)7-5-13/h3-9,11,17H,2,10H2,1H3,(H,26,27)(H,24,25,28)/b23-11-/t17-/m0/s1. The number of carbonyl (C=O) groups is 3. The fourth-order valence-corrected chi connectivity index (χ4v) is 3.64. The van der Waals surface area contributed by atoms with Crippen molar-refractivity contribution >= 4 is 52.6 Å². The summed E-state index contributed by atoms with van der Waals surface area (Å²) in [5.74, 6) is -1.46. The van der Waals surface area contributed by atoms with Crippen LogP contribution in [0.5, 0.6) is 11.5 Å². The van der Waals surface area contributed by atoms with E-state index in [0.29, 0.717) is 28.5 Å². The van der Waals surface area contributed by atoms with Gasteiger partial charge in [-0.15, -0.1) is 5.10 Å². The van der Waals surface area contributed by atoms with Crippen molar-refractivity contribution in [1.29, 1.82) is 0 Å². The number of carboxylic acid groups (broad SMARTS) is 1. The lowest BCUT2D eigenvalue weighted by Gasteiger charge is -2.11. The summed E-state index contributed by atoms with van der Waals surface area (Å²) in [5, 5.41) is 19.1. The van der Waals surface area contributed by atoms with Crippen LogP contribution in [0.3, 0.4) is 0 Å². The molecule has 1 heterocycles. The highest BCUT2D eigenvalue weighted by atomic mass is 35.5. The smallest absolute Gasteiger partial charge is 0.343 e. The van der Waals surface area contributed by atoms with Gasteiger partial charge >= 0.3 is 11.9 Å². The summed E-state index contributed by atoms with van der Waals surface area (Å²) < 4.78 is 11.0. The molecule has 166 valence electrons. The Labute approximate surface area is 192 Å². The van der Waals surface area contributed by atoms with Gasteiger partial charge in [-0.1, -0.05) is 23.4 Å². The Morgan fingerprint density at radius 2 is 1.97 bits per heavy atom. The van der Waals surface area contributed by atoms with E-state index >= 15 is 0 Å². The lowest BCUT2D eigenvalue weighted by atomic mass is 10.2. The summed E-state index contributed by atoms with van der Waals surface area (Å²) in [6, 6.07) is 11.2. The molecular formula is C21H18ClN3O6S. The van der Waals surface area contributed by atoms with Gasteiger partial charge in [0.15, 0.2) is 16.7 Å². The van der Waals surface area contributed by atoms with Crippen molar-refractivity contribution in [2.24, 2.45) is 10.2 Å². The van der Waals surface area contributed by atoms with E-state index in [1.54, 1.807) is 49.4 Å². The fraction of sp³-hybridized carbons (Fsp3) is 0.190. The van der Waals surface area contributed by atoms with Gasteiger partial charge < -0.3 is 19.9 Å². The largest absolute Gasteiger partial charge is 0.490 e. The summed E-state index contributed by atoms with van der Waals surface area (Å²) in [7, 11) is 0. The molecule has 32 heavy (non-hydrogen) atoms. The zero-order valence-electron chi connectivity index (χ0n) is 16.8. The number of nitrogens with one attached hydrogen (secondary N) is 1. The number of rotatable bonds is 8. The topological polar surface area (TPSA) is 127 Å². The monoisotopic (exact) mass is 475 g/mol. The molecule has 1 aliphatic heterocycles. The summed E-state index contributed by atoms with van der Waals surface area (Å²) in [4.78, 5) is 34.9. The number of nitrogens with zero attached hydrogens (tertiary/aromatic N) is 2. The van der Waals surface area contributed by atoms with Crippen molar-refractivity contribution < 1.29 is 29.0 Å². The number of amidine groups is 1. The van der Waals surface area contributed by atoms with Crippen LogP contribution in [0.2, 0.25) is 5.02 Å². The summed E-state index contributed by atoms with van der Waals surface area (Å²) in [6.45, 7) is 2.15. The molecule has 1 saturated heterocycles. The van der Waals surface area contributed by atoms with Crippen LogP contribution in [0.1, 0.15) is 29.3 Å². The molecule has 1 atom stereocenters. The van der Waals surface area contributed by atoms with E-state index in [2.05, 4.69) is 15.5 Å². The first-order chi connectivity index (χ1) is 15.4. The Kier molecular flexibility index (Phi) is 7.85. The molecule has 11 heteroatoms. The average molecular weight is 476 g/mol. The van der Waals surface area contributed by atoms with Gasteiger partial charge in [-0.3, -0.25) is 9.59 Å². The van der Waals surface area contributed by atoms with Crippen LogP contribution in [0.4, 0.5) is 0 Å². The van der Waals surface area contributed by atoms with E-state index in [1.165, 1.54) is 6.21 Å². The van der Waals surface area contributed by atoms with Gasteiger partial charge in [0.05, 0.1) is 24.8 Å². The third-order valence-corrected chi connectivity index (χ3v) is 5.37. The highest BCUT2D eigenvalue weighted by molar-refractivity contribution is 8.15. The first-order valence-electron chi connectivity index (χ1n) is 9.40. The van der Waals surface area contributed by atoms with Crippen molar-refractivity contribution in [2.75, 3.05) is 6.61 Å². The van der Waals surface area contributed by atoms with Gasteiger partial charge in [-0.2, -0.15) is 5.10 Å². The minimum absolute atomic E-state index is 0.219. The molecule has 1 amide bonds. The van der Waals surface area contributed by atoms with Gasteiger partial charge in [-0.25, -0.2) is 4.79 Å². The number of hydrogen-bond donors (Lipinski definition) is 2. The molecule has 2 N–H and O–H groups in total. The molecule has 0 aromatic heterocycles. The van der Waals surface area contributed by atoms with Crippen LogP contribution in [0.15, 0.2) is 52.7 Å². The third kappa shape index (κ3) is 6.32. The maximum atomic E-state index is 12.4. The van der Waals surface area contributed by atoms with Crippen molar-refractivity contribution in [2.45, 2.75) is 18.6 Å². The predicted molar refractivity (Wildman–Crippen MR) is 121 cm³/mol. The molecule has 0 radical (unpaired) electrons. The van der Waals surface area contributed by atoms with Gasteiger partial charge in [0.1, 0.15) is 5.25 Å². The Hall–Kier alpha value is -3.37. The third-order valence-electron chi connectivity index (χ3n) is 4.04. The quantitative estimate of drug-likeness (QED) is 0.259. The normalized spacial score (nSPS) is 16.9. The molecule has 0 unspecified atom stereocenters. The number of carbonyl (C=O) groups excluding carboxylic acids is 2. The number of hydrogen-bond acceptors (Lipinski definition) is 8. The molecule has 3 rings (SSSR count). The zero-order chi connectivity index (χ0) is 23.1. The predicted octanol–water partition coefficient (Wildman–Crippen LogP) is 3.35. The number of benzene rings is 2. The number of carboxylic acids is 1. The maximum Gasteiger partial charge on any atom is 0.343 e. The summed E-state index contributed by atoms with van der Waals surface area (Å²) >= 11 is 6.84. The summed E-state index contributed by atoms with van der Waals surface area (Å²) in [6.07, 6.45) is 1.13. The Morgan fingerprint density at radius 3 is 2.66 bits per heavy atom. The van der Waals surface area contributed by atoms with Gasteiger partial charge in [0.2, 0.25) is 5.91 Å². The molecule has 2 aromatic rings. The first-order valence-corrected chi connectivity index (χ1v) is 10.7. The zero-order valence-corrected chi connectivity index (χ0v) is 18.4. The van der Waals surface area contributed by atoms with Gasteiger partial charge in [-0.05, 0) is 55.0 Å². The first kappa shape index (κ1) is 23.3. The lowest BCUT2D eigenvalue weighted by molar-refractivity contribution is -0.138. The second-order valence-electron chi connectivity index (χ2n) is 6.38. The highest BCUT2D eigenvalue weighted by Crippen LogP contribution is 2.29. The van der Waals surface area contributed by atoms with Crippen molar-refractivity contribution in [1.82, 2.24) is 5.32 Å². The fourth-order valence-electron chi connectivity index (χ4n) is 2.60. The van der Waals surface area contributed by atoms with E-state index in [1.807, 2.05) is 0 Å². The molecule has 1 aliphatic rings. The minimum atomic E-state index is -1.07. The molecular weight excluding hydrogens is 458 g/mol. The molecule has 0 bridgehead atoms. The van der Waals surface area contributed by atoms with E-state index in [-0.39, 0.29) is 17.3 Å². The maximum absolute atomic E-state index is 12.4. The number of thioether (sulfide) groups is 1. The number of aliphatic carboxylic acids is 1. The van der Waals surface area contributed by atoms with Gasteiger partial charge in [0.25, 0.3) is 0 Å². The van der Waals surface area contributed by atoms with Gasteiger partial charge in [0, 0.05) is 5.02 Å². The second kappa shape index (κ2) is 10.8. The van der Waals surface area contributed by atoms with Crippen LogP contribution < -0.4 is 14.8 Å². The van der Waals surface area contributed by atoms with Crippen LogP contribution in [-0.2, 0) is 9.59 Å². The van der Waals surface area contributed by atoms with E-state index in [0.717, 1.165) is 11.8 Å². The molecule has 0 aliphatic carbocycles. The van der Waals surface area contributed by atoms with Crippen LogP contribution in [0, 0.1) is 0 Å². The molecule has 0 spiro atoms. The van der Waals surface area contributed by atoms with E-state index in [4.69, 9.17) is 26.2 Å². The Bertz CT molecular complexity index is 1090. The van der Waals surface area contributed by atoms with E-state index in [9.17, 15) is 14.4 Å². The summed E-state index contributed by atoms with van der Waals surface area (Å²) in [5.41, 5.74) is 0.955. The Morgan fingerprint density at radius 1 is 1.22 bits per heavy atom. The average Bonchev–Trinajstić information content (AvgIpc) is 3.09. The van der Waals surface area contributed by atoms with Crippen molar-refractivity contribution in [3.63, 3.8) is 0 Å². The molecule has 1 fully saturated rings. The highest BCUT2D eigenvalue weighted by Gasteiger charge is 2.32. The van der Waals surface area contributed by atoms with Crippen LogP contribution >= 0.6 is 23.4 Å². The number of halogens is 1. The minimum Gasteiger partial charge on any atom is -0.490 e. The number of ether oxygens (including phenoxy) is 2.